The lowest BCUT2D eigenvalue weighted by molar-refractivity contribution is -0.136. The van der Waals surface area contributed by atoms with Crippen molar-refractivity contribution in [3.05, 3.63) is 112 Å². The Balaban J connectivity index is 1.53. The van der Waals surface area contributed by atoms with Gasteiger partial charge in [-0.2, -0.15) is 0 Å². The number of carboxylic acid groups (broad SMARTS) is 1. The summed E-state index contributed by atoms with van der Waals surface area (Å²) in [6.07, 6.45) is 6.96. The van der Waals surface area contributed by atoms with Crippen molar-refractivity contribution in [1.82, 2.24) is 24.1 Å². The molecule has 2 N–H and O–H groups in total. The fourth-order valence-electron chi connectivity index (χ4n) is 4.15. The van der Waals surface area contributed by atoms with Gasteiger partial charge >= 0.3 is 11.7 Å². The first-order valence-corrected chi connectivity index (χ1v) is 11.8. The van der Waals surface area contributed by atoms with Crippen LogP contribution in [0.3, 0.4) is 0 Å². The first kappa shape index (κ1) is 24.0. The number of nitrogens with one attached hydrogen (secondary N) is 1. The molecule has 0 radical (unpaired) electrons. The van der Waals surface area contributed by atoms with Crippen LogP contribution in [0.5, 0.6) is 0 Å². The van der Waals surface area contributed by atoms with Crippen LogP contribution in [0.4, 0.5) is 0 Å². The van der Waals surface area contributed by atoms with Crippen molar-refractivity contribution in [1.29, 1.82) is 0 Å². The summed E-state index contributed by atoms with van der Waals surface area (Å²) < 4.78 is 3.09. The summed E-state index contributed by atoms with van der Waals surface area (Å²) in [5.41, 5.74) is 4.89. The Bertz CT molecular complexity index is 1790. The monoisotopic (exact) mass is 511 g/mol. The molecule has 0 fully saturated rings. The molecular formula is C28H22ClN5O3. The maximum absolute atomic E-state index is 13.7. The lowest BCUT2D eigenvalue weighted by Gasteiger charge is -2.05. The molecule has 37 heavy (non-hydrogen) atoms. The first-order chi connectivity index (χ1) is 17.9. The molecule has 0 amide bonds. The minimum atomic E-state index is -0.916. The third kappa shape index (κ3) is 4.62. The Hall–Kier alpha value is -4.69. The number of hydrogen-bond acceptors (Lipinski definition) is 4. The molecule has 3 heterocycles. The predicted octanol–water partition coefficient (Wildman–Crippen LogP) is 5.47. The number of halogens is 1. The van der Waals surface area contributed by atoms with Crippen LogP contribution in [0.15, 0.2) is 90.4 Å². The minimum absolute atomic E-state index is 0.0924. The number of H-pyrrole nitrogens is 1. The van der Waals surface area contributed by atoms with E-state index >= 15 is 0 Å². The Kier molecular flexibility index (Phi) is 6.33. The Morgan fingerprint density at radius 2 is 1.95 bits per heavy atom. The summed E-state index contributed by atoms with van der Waals surface area (Å²) in [6.45, 7) is 5.97. The van der Waals surface area contributed by atoms with Gasteiger partial charge in [0.1, 0.15) is 5.82 Å². The number of carboxylic acids is 1. The summed E-state index contributed by atoms with van der Waals surface area (Å²) >= 11 is 6.08. The van der Waals surface area contributed by atoms with E-state index in [9.17, 15) is 9.59 Å². The minimum Gasteiger partial charge on any atom is -0.481 e. The van der Waals surface area contributed by atoms with Gasteiger partial charge in [0.15, 0.2) is 5.65 Å². The number of nitrogens with zero attached hydrogens (tertiary/aromatic N) is 4. The number of imidazole rings is 2. The second-order valence-corrected chi connectivity index (χ2v) is 8.79. The van der Waals surface area contributed by atoms with Gasteiger partial charge in [0.05, 0.1) is 28.7 Å². The molecular weight excluding hydrogens is 490 g/mol. The van der Waals surface area contributed by atoms with E-state index in [1.807, 2.05) is 25.1 Å². The number of benzene rings is 2. The number of aromatic nitrogens is 5. The number of pyridine rings is 1. The van der Waals surface area contributed by atoms with Crippen LogP contribution in [0, 0.1) is 0 Å². The molecule has 0 aliphatic heterocycles. The fourth-order valence-corrected chi connectivity index (χ4v) is 4.32. The Morgan fingerprint density at radius 3 is 2.68 bits per heavy atom. The molecule has 9 heteroatoms. The largest absolute Gasteiger partial charge is 0.481 e. The van der Waals surface area contributed by atoms with E-state index in [1.54, 1.807) is 65.4 Å². The number of aromatic amines is 1. The normalized spacial score (nSPS) is 12.1. The predicted molar refractivity (Wildman–Crippen MR) is 146 cm³/mol. The molecule has 184 valence electrons. The van der Waals surface area contributed by atoms with E-state index in [0.717, 1.165) is 11.0 Å². The van der Waals surface area contributed by atoms with Gasteiger partial charge in [-0.05, 0) is 67.1 Å². The van der Waals surface area contributed by atoms with E-state index in [1.165, 1.54) is 4.57 Å². The first-order valence-electron chi connectivity index (χ1n) is 11.4. The van der Waals surface area contributed by atoms with Crippen molar-refractivity contribution in [2.24, 2.45) is 0 Å². The van der Waals surface area contributed by atoms with E-state index in [0.29, 0.717) is 44.5 Å². The molecule has 0 unspecified atom stereocenters. The van der Waals surface area contributed by atoms with Gasteiger partial charge < -0.3 is 10.1 Å². The highest BCUT2D eigenvalue weighted by Gasteiger charge is 2.17. The average Bonchev–Trinajstić information content (AvgIpc) is 3.43. The van der Waals surface area contributed by atoms with Crippen LogP contribution in [0.25, 0.3) is 39.2 Å². The topological polar surface area (TPSA) is 106 Å². The summed E-state index contributed by atoms with van der Waals surface area (Å²) in [4.78, 5) is 36.9. The SMILES string of the molecule is C=C(C=CC(=CC)n1c(=O)n(-c2ccc(CC(=O)O)cc2)c2ncccc21)c1nc2ccc(Cl)cc2[nH]1. The molecule has 0 spiro atoms. The number of fused-ring (bicyclic) bond motifs is 2. The quantitative estimate of drug-likeness (QED) is 0.282. The number of carbonyl (C=O) groups is 1. The van der Waals surface area contributed by atoms with Gasteiger partial charge in [-0.15, -0.1) is 0 Å². The third-order valence-electron chi connectivity index (χ3n) is 5.91. The van der Waals surface area contributed by atoms with Crippen molar-refractivity contribution < 1.29 is 9.90 Å². The zero-order valence-electron chi connectivity index (χ0n) is 19.9. The number of hydrogen-bond donors (Lipinski definition) is 2. The smallest absolute Gasteiger partial charge is 0.339 e. The molecule has 0 aliphatic rings. The van der Waals surface area contributed by atoms with Gasteiger partial charge in [0, 0.05) is 22.5 Å². The molecule has 0 saturated heterocycles. The maximum Gasteiger partial charge on any atom is 0.339 e. The van der Waals surface area contributed by atoms with Crippen LogP contribution >= 0.6 is 11.6 Å². The highest BCUT2D eigenvalue weighted by molar-refractivity contribution is 6.31. The standard InChI is InChI=1S/C28H22ClN5O3/c1-3-20(10-6-17(2)26-31-22-13-9-19(29)16-23(22)32-26)33-24-5-4-14-30-27(24)34(28(33)37)21-11-7-18(8-12-21)15-25(35)36/h3-14,16H,2,15H2,1H3,(H,31,32)(H,35,36). The van der Waals surface area contributed by atoms with Crippen LogP contribution in [-0.4, -0.2) is 35.2 Å². The van der Waals surface area contributed by atoms with Crippen LogP contribution in [-0.2, 0) is 11.2 Å². The van der Waals surface area contributed by atoms with Gasteiger partial charge in [-0.3, -0.25) is 9.36 Å². The summed E-state index contributed by atoms with van der Waals surface area (Å²) in [6, 6.07) is 15.9. The number of allylic oxidation sites excluding steroid dienone is 5. The second-order valence-electron chi connectivity index (χ2n) is 8.36. The molecule has 3 aromatic heterocycles. The maximum atomic E-state index is 13.7. The fraction of sp³-hybridized carbons (Fsp3) is 0.0714. The Labute approximate surface area is 216 Å². The van der Waals surface area contributed by atoms with Crippen LogP contribution < -0.4 is 5.69 Å². The van der Waals surface area contributed by atoms with Gasteiger partial charge in [-0.1, -0.05) is 36.4 Å². The number of aliphatic carboxylic acids is 1. The lowest BCUT2D eigenvalue weighted by Crippen LogP contribution is -2.22. The van der Waals surface area contributed by atoms with Crippen molar-refractivity contribution in [2.45, 2.75) is 13.3 Å². The molecule has 0 saturated carbocycles. The van der Waals surface area contributed by atoms with Crippen molar-refractivity contribution in [3.8, 4) is 5.69 Å². The summed E-state index contributed by atoms with van der Waals surface area (Å²) in [7, 11) is 0. The van der Waals surface area contributed by atoms with Crippen LogP contribution in [0.1, 0.15) is 18.3 Å². The second kappa shape index (κ2) is 9.75. The van der Waals surface area contributed by atoms with Crippen molar-refractivity contribution in [2.75, 3.05) is 0 Å². The molecule has 2 aromatic carbocycles. The highest BCUT2D eigenvalue weighted by Crippen LogP contribution is 2.23. The molecule has 0 bridgehead atoms. The lowest BCUT2D eigenvalue weighted by atomic mass is 10.1. The van der Waals surface area contributed by atoms with E-state index in [4.69, 9.17) is 16.7 Å². The zero-order chi connectivity index (χ0) is 26.1. The average molecular weight is 512 g/mol. The molecule has 5 rings (SSSR count). The number of rotatable bonds is 7. The van der Waals surface area contributed by atoms with Gasteiger partial charge in [-0.25, -0.2) is 19.3 Å². The molecule has 8 nitrogen and oxygen atoms in total. The van der Waals surface area contributed by atoms with Crippen molar-refractivity contribution >= 4 is 51.0 Å². The van der Waals surface area contributed by atoms with E-state index in [-0.39, 0.29) is 12.1 Å². The van der Waals surface area contributed by atoms with Crippen LogP contribution in [0.2, 0.25) is 5.02 Å². The summed E-state index contributed by atoms with van der Waals surface area (Å²) in [5.74, 6) is -0.317. The van der Waals surface area contributed by atoms with E-state index in [2.05, 4.69) is 21.5 Å². The third-order valence-corrected chi connectivity index (χ3v) is 6.14. The van der Waals surface area contributed by atoms with Gasteiger partial charge in [0.2, 0.25) is 0 Å². The van der Waals surface area contributed by atoms with Crippen molar-refractivity contribution in [3.63, 3.8) is 0 Å². The molecule has 0 aliphatic carbocycles. The zero-order valence-corrected chi connectivity index (χ0v) is 20.6. The molecule has 5 aromatic rings. The molecule has 0 atom stereocenters. The highest BCUT2D eigenvalue weighted by atomic mass is 35.5. The Morgan fingerprint density at radius 1 is 1.16 bits per heavy atom. The summed E-state index contributed by atoms with van der Waals surface area (Å²) in [5, 5.41) is 9.65. The van der Waals surface area contributed by atoms with Gasteiger partial charge in [0.25, 0.3) is 0 Å². The van der Waals surface area contributed by atoms with E-state index < -0.39 is 5.97 Å².